The molecular formula is C6H11BrO5. The van der Waals surface area contributed by atoms with Crippen molar-refractivity contribution in [1.29, 1.82) is 0 Å². The van der Waals surface area contributed by atoms with Crippen molar-refractivity contribution in [3.05, 3.63) is 0 Å². The van der Waals surface area contributed by atoms with Gasteiger partial charge in [0.15, 0.2) is 6.29 Å². The summed E-state index contributed by atoms with van der Waals surface area (Å²) in [4.78, 5) is -0.727. The summed E-state index contributed by atoms with van der Waals surface area (Å²) in [6.45, 7) is -0.436. The summed E-state index contributed by atoms with van der Waals surface area (Å²) in [5.74, 6) is 0. The first-order valence-corrected chi connectivity index (χ1v) is 4.44. The monoisotopic (exact) mass is 242 g/mol. The summed E-state index contributed by atoms with van der Waals surface area (Å²) in [5, 5.41) is 36.3. The number of ether oxygens (including phenoxy) is 1. The number of aliphatic hydroxyl groups is 4. The van der Waals surface area contributed by atoms with Crippen LogP contribution in [0, 0.1) is 0 Å². The van der Waals surface area contributed by atoms with Gasteiger partial charge in [0.25, 0.3) is 0 Å². The topological polar surface area (TPSA) is 90.2 Å². The van der Waals surface area contributed by atoms with E-state index in [0.717, 1.165) is 0 Å². The maximum atomic E-state index is 9.27. The summed E-state index contributed by atoms with van der Waals surface area (Å²) in [6.07, 6.45) is -4.45. The van der Waals surface area contributed by atoms with E-state index < -0.39 is 36.0 Å². The summed E-state index contributed by atoms with van der Waals surface area (Å²) in [7, 11) is 0. The minimum absolute atomic E-state index is 0.436. The predicted octanol–water partition coefficient (Wildman–Crippen LogP) is -1.82. The van der Waals surface area contributed by atoms with E-state index >= 15 is 0 Å². The number of halogens is 1. The van der Waals surface area contributed by atoms with Crippen molar-refractivity contribution in [1.82, 2.24) is 0 Å². The minimum Gasteiger partial charge on any atom is -0.394 e. The van der Waals surface area contributed by atoms with E-state index in [2.05, 4.69) is 15.9 Å². The van der Waals surface area contributed by atoms with Crippen LogP contribution in [-0.2, 0) is 4.74 Å². The highest BCUT2D eigenvalue weighted by molar-refractivity contribution is 9.09. The predicted molar refractivity (Wildman–Crippen MR) is 42.7 cm³/mol. The number of hydrogen-bond donors (Lipinski definition) is 4. The van der Waals surface area contributed by atoms with Gasteiger partial charge in [0.1, 0.15) is 12.2 Å². The molecule has 0 aliphatic carbocycles. The number of alkyl halides is 1. The molecule has 5 nitrogen and oxygen atoms in total. The van der Waals surface area contributed by atoms with Gasteiger partial charge in [-0.3, -0.25) is 0 Å². The summed E-state index contributed by atoms with van der Waals surface area (Å²) in [6, 6.07) is 0. The van der Waals surface area contributed by atoms with Crippen LogP contribution < -0.4 is 0 Å². The Hall–Kier alpha value is 0.280. The van der Waals surface area contributed by atoms with Gasteiger partial charge in [0.05, 0.1) is 17.5 Å². The average Bonchev–Trinajstić information content (AvgIpc) is 2.08. The van der Waals surface area contributed by atoms with Crippen LogP contribution in [0.1, 0.15) is 0 Å². The Labute approximate surface area is 77.7 Å². The van der Waals surface area contributed by atoms with Gasteiger partial charge in [-0.25, -0.2) is 0 Å². The fraction of sp³-hybridized carbons (Fsp3) is 1.00. The molecule has 1 aliphatic rings. The lowest BCUT2D eigenvalue weighted by molar-refractivity contribution is -0.233. The summed E-state index contributed by atoms with van der Waals surface area (Å²) in [5.41, 5.74) is 0. The molecule has 0 aromatic carbocycles. The van der Waals surface area contributed by atoms with Crippen LogP contribution in [0.2, 0.25) is 0 Å². The van der Waals surface area contributed by atoms with Crippen molar-refractivity contribution in [2.24, 2.45) is 0 Å². The molecule has 5 atom stereocenters. The second kappa shape index (κ2) is 3.99. The fourth-order valence-corrected chi connectivity index (χ4v) is 1.50. The first kappa shape index (κ1) is 10.4. The molecule has 1 saturated heterocycles. The molecule has 1 rings (SSSR count). The molecule has 0 saturated carbocycles. The summed E-state index contributed by atoms with van der Waals surface area (Å²) < 4.78 is 4.78. The third kappa shape index (κ3) is 1.78. The highest BCUT2D eigenvalue weighted by atomic mass is 79.9. The number of hydrogen-bond acceptors (Lipinski definition) is 5. The van der Waals surface area contributed by atoms with E-state index in [-0.39, 0.29) is 0 Å². The normalized spacial score (nSPS) is 49.2. The minimum atomic E-state index is -1.21. The fourth-order valence-electron chi connectivity index (χ4n) is 1.06. The Bertz CT molecular complexity index is 150. The van der Waals surface area contributed by atoms with Crippen LogP contribution in [0.15, 0.2) is 0 Å². The quantitative estimate of drug-likeness (QED) is 0.407. The van der Waals surface area contributed by atoms with Gasteiger partial charge in [-0.1, -0.05) is 15.9 Å². The zero-order chi connectivity index (χ0) is 9.30. The molecule has 1 fully saturated rings. The Morgan fingerprint density at radius 3 is 2.25 bits per heavy atom. The van der Waals surface area contributed by atoms with Gasteiger partial charge in [-0.15, -0.1) is 0 Å². The molecular weight excluding hydrogens is 232 g/mol. The third-order valence-electron chi connectivity index (χ3n) is 1.82. The lowest BCUT2D eigenvalue weighted by Crippen LogP contribution is -2.56. The van der Waals surface area contributed by atoms with E-state index in [0.29, 0.717) is 0 Å². The van der Waals surface area contributed by atoms with Crippen LogP contribution >= 0.6 is 15.9 Å². The van der Waals surface area contributed by atoms with Crippen molar-refractivity contribution in [3.63, 3.8) is 0 Å². The summed E-state index contributed by atoms with van der Waals surface area (Å²) >= 11 is 2.95. The molecule has 0 radical (unpaired) electrons. The van der Waals surface area contributed by atoms with Crippen LogP contribution in [0.3, 0.4) is 0 Å². The van der Waals surface area contributed by atoms with E-state index in [1.807, 2.05) is 0 Å². The zero-order valence-corrected chi connectivity index (χ0v) is 7.75. The Balaban J connectivity index is 2.63. The van der Waals surface area contributed by atoms with E-state index in [1.165, 1.54) is 0 Å². The van der Waals surface area contributed by atoms with Crippen molar-refractivity contribution in [2.45, 2.75) is 29.4 Å². The maximum Gasteiger partial charge on any atom is 0.170 e. The van der Waals surface area contributed by atoms with Crippen LogP contribution in [0.5, 0.6) is 0 Å². The Kier molecular flexibility index (Phi) is 3.45. The molecule has 0 amide bonds. The Morgan fingerprint density at radius 2 is 1.75 bits per heavy atom. The number of aliphatic hydroxyl groups excluding tert-OH is 4. The van der Waals surface area contributed by atoms with Crippen LogP contribution in [0.4, 0.5) is 0 Å². The molecule has 0 spiro atoms. The van der Waals surface area contributed by atoms with Gasteiger partial charge in [0.2, 0.25) is 0 Å². The second-order valence-corrected chi connectivity index (χ2v) is 3.73. The van der Waals surface area contributed by atoms with E-state index in [9.17, 15) is 10.2 Å². The standard InChI is InChI=1S/C6H11BrO5/c7-3-5(10)4(9)2(1-8)12-6(3)11/h2-6,8-11H,1H2/t2?,3-,4-,5+,6?/m0/s1. The van der Waals surface area contributed by atoms with Crippen molar-refractivity contribution >= 4 is 15.9 Å². The highest BCUT2D eigenvalue weighted by Crippen LogP contribution is 2.24. The van der Waals surface area contributed by atoms with Crippen LogP contribution in [0.25, 0.3) is 0 Å². The molecule has 0 aromatic rings. The van der Waals surface area contributed by atoms with E-state index in [1.54, 1.807) is 0 Å². The maximum absolute atomic E-state index is 9.27. The molecule has 1 heterocycles. The second-order valence-electron chi connectivity index (χ2n) is 2.67. The third-order valence-corrected chi connectivity index (χ3v) is 2.82. The van der Waals surface area contributed by atoms with Gasteiger partial charge in [-0.2, -0.15) is 0 Å². The van der Waals surface area contributed by atoms with Gasteiger partial charge in [0, 0.05) is 0 Å². The highest BCUT2D eigenvalue weighted by Gasteiger charge is 2.42. The lowest BCUT2D eigenvalue weighted by Gasteiger charge is -2.37. The Morgan fingerprint density at radius 1 is 1.17 bits per heavy atom. The van der Waals surface area contributed by atoms with Gasteiger partial charge >= 0.3 is 0 Å². The van der Waals surface area contributed by atoms with E-state index in [4.69, 9.17) is 14.9 Å². The molecule has 1 aliphatic heterocycles. The number of rotatable bonds is 1. The SMILES string of the molecule is OCC1OC(O)[C@@H](Br)[C@@H](O)[C@H]1O. The molecule has 72 valence electrons. The molecule has 0 aromatic heterocycles. The average molecular weight is 243 g/mol. The first-order chi connectivity index (χ1) is 5.57. The lowest BCUT2D eigenvalue weighted by atomic mass is 10.0. The van der Waals surface area contributed by atoms with Crippen molar-refractivity contribution < 1.29 is 25.2 Å². The molecule has 0 bridgehead atoms. The molecule has 6 heteroatoms. The molecule has 12 heavy (non-hydrogen) atoms. The first-order valence-electron chi connectivity index (χ1n) is 3.52. The smallest absolute Gasteiger partial charge is 0.170 e. The van der Waals surface area contributed by atoms with Crippen molar-refractivity contribution in [2.75, 3.05) is 6.61 Å². The zero-order valence-electron chi connectivity index (χ0n) is 6.17. The molecule has 4 N–H and O–H groups in total. The largest absolute Gasteiger partial charge is 0.394 e. The molecule has 2 unspecified atom stereocenters. The van der Waals surface area contributed by atoms with Crippen LogP contribution in [-0.4, -0.2) is 56.5 Å². The van der Waals surface area contributed by atoms with Crippen molar-refractivity contribution in [3.8, 4) is 0 Å². The van der Waals surface area contributed by atoms with Gasteiger partial charge in [-0.05, 0) is 0 Å². The van der Waals surface area contributed by atoms with Gasteiger partial charge < -0.3 is 25.2 Å².